The standard InChI is InChI=1S/C29H28FNO3/c1-16-14-19-6-7-20(30)15-22(19)26(24(16)28(17(2)32)34-29(3,4)5)21-8-9-23-25-18(11-13-33-23)10-12-31-27(21)25/h6-10,12,14-15,28H,11,13H2,1-5H3/t28-/m1/s1. The SMILES string of the molecule is CC(=O)[C@@H](OC(C)(C)C)c1c(C)cc2ccc(F)cc2c1-c1ccc2c3c(ccnc13)CCO2. The van der Waals surface area contributed by atoms with E-state index in [1.807, 2.05) is 58.2 Å². The lowest BCUT2D eigenvalue weighted by molar-refractivity contribution is -0.138. The Morgan fingerprint density at radius 1 is 1.15 bits per heavy atom. The molecule has 0 fully saturated rings. The average molecular weight is 458 g/mol. The van der Waals surface area contributed by atoms with E-state index < -0.39 is 11.7 Å². The molecule has 174 valence electrons. The third-order valence-electron chi connectivity index (χ3n) is 6.29. The maximum Gasteiger partial charge on any atom is 0.163 e. The summed E-state index contributed by atoms with van der Waals surface area (Å²) < 4.78 is 26.8. The van der Waals surface area contributed by atoms with Gasteiger partial charge in [0.25, 0.3) is 0 Å². The molecule has 0 amide bonds. The number of hydrogen-bond donors (Lipinski definition) is 0. The van der Waals surface area contributed by atoms with Crippen LogP contribution < -0.4 is 4.74 Å². The van der Waals surface area contributed by atoms with Crippen molar-refractivity contribution in [2.45, 2.75) is 52.7 Å². The molecule has 0 unspecified atom stereocenters. The number of pyridine rings is 1. The molecule has 1 atom stereocenters. The number of fused-ring (bicyclic) bond motifs is 1. The maximum atomic E-state index is 14.6. The highest BCUT2D eigenvalue weighted by molar-refractivity contribution is 6.09. The third kappa shape index (κ3) is 3.84. The van der Waals surface area contributed by atoms with Gasteiger partial charge in [0.05, 0.1) is 17.7 Å². The van der Waals surface area contributed by atoms with Gasteiger partial charge in [-0.2, -0.15) is 0 Å². The second kappa shape index (κ2) is 8.17. The lowest BCUT2D eigenvalue weighted by Crippen LogP contribution is -2.27. The Bertz CT molecular complexity index is 1440. The van der Waals surface area contributed by atoms with Crippen LogP contribution in [0.15, 0.2) is 48.7 Å². The van der Waals surface area contributed by atoms with E-state index >= 15 is 0 Å². The Morgan fingerprint density at radius 2 is 1.94 bits per heavy atom. The number of halogens is 1. The minimum atomic E-state index is -0.801. The number of hydrogen-bond acceptors (Lipinski definition) is 4. The third-order valence-corrected chi connectivity index (χ3v) is 6.29. The number of carbonyl (C=O) groups excluding carboxylic acids is 1. The zero-order valence-corrected chi connectivity index (χ0v) is 20.2. The predicted octanol–water partition coefficient (Wildman–Crippen LogP) is 6.88. The number of nitrogens with zero attached hydrogens (tertiary/aromatic N) is 1. The highest BCUT2D eigenvalue weighted by atomic mass is 19.1. The van der Waals surface area contributed by atoms with Gasteiger partial charge in [0.2, 0.25) is 0 Å². The molecule has 4 nitrogen and oxygen atoms in total. The molecular weight excluding hydrogens is 429 g/mol. The van der Waals surface area contributed by atoms with E-state index in [0.717, 1.165) is 56.1 Å². The van der Waals surface area contributed by atoms with E-state index in [1.165, 1.54) is 17.7 Å². The van der Waals surface area contributed by atoms with E-state index in [1.54, 1.807) is 13.0 Å². The summed E-state index contributed by atoms with van der Waals surface area (Å²) in [6, 6.07) is 12.7. The minimum absolute atomic E-state index is 0.103. The van der Waals surface area contributed by atoms with Crippen molar-refractivity contribution in [2.75, 3.05) is 6.61 Å². The minimum Gasteiger partial charge on any atom is -0.493 e. The molecule has 3 aromatic carbocycles. The molecule has 2 heterocycles. The van der Waals surface area contributed by atoms with Crippen molar-refractivity contribution in [3.05, 3.63) is 71.2 Å². The summed E-state index contributed by atoms with van der Waals surface area (Å²) in [5.74, 6) is 0.361. The van der Waals surface area contributed by atoms with Crippen molar-refractivity contribution < 1.29 is 18.7 Å². The zero-order chi connectivity index (χ0) is 24.2. The van der Waals surface area contributed by atoms with Crippen LogP contribution in [0.25, 0.3) is 32.8 Å². The fourth-order valence-corrected chi connectivity index (χ4v) is 4.95. The Kier molecular flexibility index (Phi) is 5.40. The summed E-state index contributed by atoms with van der Waals surface area (Å²) in [6.45, 7) is 9.94. The fourth-order valence-electron chi connectivity index (χ4n) is 4.95. The molecule has 0 aliphatic carbocycles. The van der Waals surface area contributed by atoms with Crippen LogP contribution in [0.3, 0.4) is 0 Å². The lowest BCUT2D eigenvalue weighted by atomic mass is 9.84. The molecular formula is C29H28FNO3. The number of benzene rings is 3. The summed E-state index contributed by atoms with van der Waals surface area (Å²) in [4.78, 5) is 17.7. The number of ether oxygens (including phenoxy) is 2. The molecule has 1 aliphatic heterocycles. The van der Waals surface area contributed by atoms with Crippen molar-refractivity contribution in [1.29, 1.82) is 0 Å². The molecule has 0 radical (unpaired) electrons. The average Bonchev–Trinajstić information content (AvgIpc) is 2.77. The fraction of sp³-hybridized carbons (Fsp3) is 0.310. The molecule has 0 bridgehead atoms. The summed E-state index contributed by atoms with van der Waals surface area (Å²) in [5, 5.41) is 2.59. The monoisotopic (exact) mass is 457 g/mol. The van der Waals surface area contributed by atoms with Gasteiger partial charge in [-0.3, -0.25) is 9.78 Å². The first-order valence-corrected chi connectivity index (χ1v) is 11.6. The number of rotatable bonds is 4. The van der Waals surface area contributed by atoms with Crippen molar-refractivity contribution in [2.24, 2.45) is 0 Å². The first-order valence-electron chi connectivity index (χ1n) is 11.6. The first kappa shape index (κ1) is 22.5. The normalized spacial score (nSPS) is 14.3. The summed E-state index contributed by atoms with van der Waals surface area (Å²) >= 11 is 0. The number of aryl methyl sites for hydroxylation is 1. The molecule has 1 aromatic heterocycles. The van der Waals surface area contributed by atoms with E-state index in [2.05, 4.69) is 0 Å². The molecule has 0 spiro atoms. The van der Waals surface area contributed by atoms with E-state index in [0.29, 0.717) is 6.61 Å². The van der Waals surface area contributed by atoms with Gasteiger partial charge in [0.1, 0.15) is 17.7 Å². The topological polar surface area (TPSA) is 48.4 Å². The molecule has 4 aromatic rings. The van der Waals surface area contributed by atoms with E-state index in [9.17, 15) is 9.18 Å². The van der Waals surface area contributed by atoms with Gasteiger partial charge in [-0.25, -0.2) is 4.39 Å². The molecule has 0 saturated heterocycles. The molecule has 5 heteroatoms. The second-order valence-corrected chi connectivity index (χ2v) is 9.97. The Labute approximate surface area is 198 Å². The van der Waals surface area contributed by atoms with Crippen LogP contribution >= 0.6 is 0 Å². The van der Waals surface area contributed by atoms with Crippen LogP contribution in [0.1, 0.15) is 50.5 Å². The maximum absolute atomic E-state index is 14.6. The Morgan fingerprint density at radius 3 is 2.68 bits per heavy atom. The van der Waals surface area contributed by atoms with Crippen LogP contribution in [-0.2, 0) is 16.0 Å². The van der Waals surface area contributed by atoms with Crippen LogP contribution in [0.2, 0.25) is 0 Å². The van der Waals surface area contributed by atoms with E-state index in [-0.39, 0.29) is 11.6 Å². The largest absolute Gasteiger partial charge is 0.493 e. The zero-order valence-electron chi connectivity index (χ0n) is 20.2. The quantitative estimate of drug-likeness (QED) is 0.335. The smallest absolute Gasteiger partial charge is 0.163 e. The molecule has 1 aliphatic rings. The highest BCUT2D eigenvalue weighted by Gasteiger charge is 2.31. The Hall–Kier alpha value is -3.31. The molecule has 5 rings (SSSR count). The second-order valence-electron chi connectivity index (χ2n) is 9.97. The number of carbonyl (C=O) groups is 1. The first-order chi connectivity index (χ1) is 16.1. The van der Waals surface area contributed by atoms with Gasteiger partial charge in [-0.05, 0) is 98.0 Å². The van der Waals surface area contributed by atoms with Crippen molar-refractivity contribution in [1.82, 2.24) is 4.98 Å². The molecule has 0 saturated carbocycles. The van der Waals surface area contributed by atoms with Gasteiger partial charge in [-0.1, -0.05) is 12.1 Å². The highest BCUT2D eigenvalue weighted by Crippen LogP contribution is 2.45. The van der Waals surface area contributed by atoms with Gasteiger partial charge >= 0.3 is 0 Å². The van der Waals surface area contributed by atoms with Gasteiger partial charge in [0, 0.05) is 23.6 Å². The lowest BCUT2D eigenvalue weighted by Gasteiger charge is -2.30. The molecule has 0 N–H and O–H groups in total. The number of ketones is 1. The van der Waals surface area contributed by atoms with Crippen molar-refractivity contribution in [3.63, 3.8) is 0 Å². The summed E-state index contributed by atoms with van der Waals surface area (Å²) in [6.07, 6.45) is 1.81. The Balaban J connectivity index is 1.92. The predicted molar refractivity (Wildman–Crippen MR) is 133 cm³/mol. The van der Waals surface area contributed by atoms with Gasteiger partial charge in [0.15, 0.2) is 5.78 Å². The number of aromatic nitrogens is 1. The van der Waals surface area contributed by atoms with Crippen LogP contribution in [0.5, 0.6) is 5.75 Å². The van der Waals surface area contributed by atoms with Crippen LogP contribution in [0.4, 0.5) is 4.39 Å². The number of Topliss-reactive ketones (excluding diaryl/α,β-unsaturated/α-hetero) is 1. The van der Waals surface area contributed by atoms with Crippen molar-refractivity contribution >= 4 is 27.5 Å². The van der Waals surface area contributed by atoms with Crippen molar-refractivity contribution in [3.8, 4) is 16.9 Å². The van der Waals surface area contributed by atoms with E-state index in [4.69, 9.17) is 14.5 Å². The van der Waals surface area contributed by atoms with Gasteiger partial charge < -0.3 is 9.47 Å². The van der Waals surface area contributed by atoms with Crippen LogP contribution in [0, 0.1) is 12.7 Å². The summed E-state index contributed by atoms with van der Waals surface area (Å²) in [7, 11) is 0. The van der Waals surface area contributed by atoms with Crippen LogP contribution in [-0.4, -0.2) is 23.0 Å². The van der Waals surface area contributed by atoms with Gasteiger partial charge in [-0.15, -0.1) is 0 Å². The molecule has 34 heavy (non-hydrogen) atoms. The summed E-state index contributed by atoms with van der Waals surface area (Å²) in [5.41, 5.74) is 4.68.